The third-order valence-electron chi connectivity index (χ3n) is 9.07. The number of hydrogen-bond donors (Lipinski definition) is 0. The first-order valence-corrected chi connectivity index (χ1v) is 18.8. The molecular weight excluding hydrogens is 482 g/mol. The lowest BCUT2D eigenvalue weighted by atomic mass is 9.97. The fourth-order valence-corrected chi connectivity index (χ4v) is 6.26. The van der Waals surface area contributed by atoms with Gasteiger partial charge in [0.2, 0.25) is 0 Å². The van der Waals surface area contributed by atoms with Crippen LogP contribution in [0.5, 0.6) is 0 Å². The SMILES string of the molecule is CCCCCCCCCCCCCc1cc[n+](CCCCCCCC)cc1CCCCCCCCCCCCC. The van der Waals surface area contributed by atoms with Crippen molar-refractivity contribution in [3.8, 4) is 0 Å². The van der Waals surface area contributed by atoms with E-state index in [-0.39, 0.29) is 0 Å². The number of pyridine rings is 1. The minimum absolute atomic E-state index is 1.20. The van der Waals surface area contributed by atoms with Gasteiger partial charge in [-0.15, -0.1) is 0 Å². The fourth-order valence-electron chi connectivity index (χ4n) is 6.26. The van der Waals surface area contributed by atoms with Crippen LogP contribution in [0.1, 0.15) is 212 Å². The average molecular weight is 557 g/mol. The Morgan fingerprint density at radius 1 is 0.375 bits per heavy atom. The standard InChI is InChI=1S/C39H74N/c1-4-7-10-13-16-18-20-22-24-26-29-32-38-34-36-40(35-31-28-15-12-9-6-3)37-39(38)33-30-27-25-23-21-19-17-14-11-8-5-2/h34,36-37H,4-33,35H2,1-3H3/q+1. The first-order chi connectivity index (χ1) is 19.8. The molecule has 1 aromatic heterocycles. The van der Waals surface area contributed by atoms with Gasteiger partial charge in [0.05, 0.1) is 0 Å². The van der Waals surface area contributed by atoms with Crippen molar-refractivity contribution >= 4 is 0 Å². The van der Waals surface area contributed by atoms with Gasteiger partial charge in [-0.2, -0.15) is 0 Å². The Kier molecular flexibility index (Phi) is 27.5. The lowest BCUT2D eigenvalue weighted by molar-refractivity contribution is -0.697. The maximum Gasteiger partial charge on any atom is 0.172 e. The summed E-state index contributed by atoms with van der Waals surface area (Å²) in [5.74, 6) is 0. The van der Waals surface area contributed by atoms with Gasteiger partial charge in [-0.25, -0.2) is 4.57 Å². The Bertz CT molecular complexity index is 636. The molecule has 0 saturated carbocycles. The summed E-state index contributed by atoms with van der Waals surface area (Å²) in [6.45, 7) is 8.14. The molecule has 0 bridgehead atoms. The van der Waals surface area contributed by atoms with Crippen LogP contribution in [0.15, 0.2) is 18.5 Å². The monoisotopic (exact) mass is 557 g/mol. The van der Waals surface area contributed by atoms with Gasteiger partial charge in [0.1, 0.15) is 6.54 Å². The number of rotatable bonds is 31. The zero-order chi connectivity index (χ0) is 28.8. The number of hydrogen-bond acceptors (Lipinski definition) is 0. The van der Waals surface area contributed by atoms with Gasteiger partial charge in [0.15, 0.2) is 12.4 Å². The van der Waals surface area contributed by atoms with Crippen LogP contribution in [0.25, 0.3) is 0 Å². The second-order valence-electron chi connectivity index (χ2n) is 13.1. The van der Waals surface area contributed by atoms with Crippen molar-refractivity contribution in [1.29, 1.82) is 0 Å². The van der Waals surface area contributed by atoms with Crippen molar-refractivity contribution in [3.63, 3.8) is 0 Å². The van der Waals surface area contributed by atoms with Crippen LogP contribution in [-0.2, 0) is 19.4 Å². The molecule has 1 nitrogen and oxygen atoms in total. The van der Waals surface area contributed by atoms with E-state index in [4.69, 9.17) is 0 Å². The average Bonchev–Trinajstić information content (AvgIpc) is 2.97. The molecule has 0 radical (unpaired) electrons. The Hall–Kier alpha value is -0.850. The van der Waals surface area contributed by atoms with Crippen molar-refractivity contribution in [1.82, 2.24) is 0 Å². The van der Waals surface area contributed by atoms with E-state index in [1.54, 1.807) is 11.1 Å². The highest BCUT2D eigenvalue weighted by Crippen LogP contribution is 2.18. The van der Waals surface area contributed by atoms with E-state index >= 15 is 0 Å². The van der Waals surface area contributed by atoms with Crippen molar-refractivity contribution in [2.75, 3.05) is 0 Å². The maximum absolute atomic E-state index is 2.54. The normalized spacial score (nSPS) is 11.5. The summed E-state index contributed by atoms with van der Waals surface area (Å²) in [4.78, 5) is 0. The minimum atomic E-state index is 1.20. The molecule has 1 aromatic rings. The second-order valence-corrected chi connectivity index (χ2v) is 13.1. The van der Waals surface area contributed by atoms with Crippen molar-refractivity contribution in [3.05, 3.63) is 29.6 Å². The molecule has 234 valence electrons. The molecule has 0 unspecified atom stereocenters. The lowest BCUT2D eigenvalue weighted by Crippen LogP contribution is -2.34. The van der Waals surface area contributed by atoms with Gasteiger partial charge in [0.25, 0.3) is 0 Å². The van der Waals surface area contributed by atoms with E-state index in [0.717, 1.165) is 0 Å². The molecule has 1 rings (SSSR count). The Balaban J connectivity index is 2.33. The molecule has 40 heavy (non-hydrogen) atoms. The lowest BCUT2D eigenvalue weighted by Gasteiger charge is -2.10. The number of aryl methyl sites for hydroxylation is 3. The van der Waals surface area contributed by atoms with Gasteiger partial charge in [0, 0.05) is 18.1 Å². The molecule has 0 N–H and O–H groups in total. The highest BCUT2D eigenvalue weighted by Gasteiger charge is 2.10. The van der Waals surface area contributed by atoms with Crippen LogP contribution in [0.4, 0.5) is 0 Å². The first kappa shape index (κ1) is 37.2. The Morgan fingerprint density at radius 3 is 1.10 bits per heavy atom. The van der Waals surface area contributed by atoms with Gasteiger partial charge in [-0.05, 0) is 37.7 Å². The molecule has 0 aliphatic carbocycles. The molecule has 0 aliphatic heterocycles. The van der Waals surface area contributed by atoms with Gasteiger partial charge >= 0.3 is 0 Å². The zero-order valence-corrected chi connectivity index (χ0v) is 28.1. The molecule has 0 atom stereocenters. The number of aromatic nitrogens is 1. The molecule has 0 aliphatic rings. The second kappa shape index (κ2) is 29.6. The predicted molar refractivity (Wildman–Crippen MR) is 180 cm³/mol. The highest BCUT2D eigenvalue weighted by atomic mass is 14.9. The van der Waals surface area contributed by atoms with Crippen LogP contribution < -0.4 is 4.57 Å². The van der Waals surface area contributed by atoms with Crippen LogP contribution in [0.2, 0.25) is 0 Å². The minimum Gasteiger partial charge on any atom is -0.205 e. The van der Waals surface area contributed by atoms with Crippen molar-refractivity contribution in [2.45, 2.75) is 220 Å². The summed E-state index contributed by atoms with van der Waals surface area (Å²) >= 11 is 0. The zero-order valence-electron chi connectivity index (χ0n) is 28.1. The van der Waals surface area contributed by atoms with Gasteiger partial charge in [-0.3, -0.25) is 0 Å². The summed E-state index contributed by atoms with van der Waals surface area (Å²) in [7, 11) is 0. The van der Waals surface area contributed by atoms with E-state index in [2.05, 4.69) is 43.8 Å². The predicted octanol–water partition coefficient (Wildman–Crippen LogP) is 13.0. The van der Waals surface area contributed by atoms with Crippen LogP contribution in [0, 0.1) is 0 Å². The van der Waals surface area contributed by atoms with E-state index in [1.807, 2.05) is 0 Å². The van der Waals surface area contributed by atoms with Gasteiger partial charge in [-0.1, -0.05) is 175 Å². The first-order valence-electron chi connectivity index (χ1n) is 18.8. The fraction of sp³-hybridized carbons (Fsp3) is 0.872. The molecule has 0 spiro atoms. The topological polar surface area (TPSA) is 3.88 Å². The molecule has 1 heteroatoms. The molecule has 0 aromatic carbocycles. The van der Waals surface area contributed by atoms with E-state index in [0.29, 0.717) is 0 Å². The third-order valence-corrected chi connectivity index (χ3v) is 9.07. The third kappa shape index (κ3) is 22.8. The number of nitrogens with zero attached hydrogens (tertiary/aromatic N) is 1. The molecule has 1 heterocycles. The van der Waals surface area contributed by atoms with Crippen LogP contribution in [-0.4, -0.2) is 0 Å². The smallest absolute Gasteiger partial charge is 0.172 e. The van der Waals surface area contributed by atoms with Crippen LogP contribution >= 0.6 is 0 Å². The maximum atomic E-state index is 2.54. The Labute approximate surface area is 253 Å². The Morgan fingerprint density at radius 2 is 0.700 bits per heavy atom. The highest BCUT2D eigenvalue weighted by molar-refractivity contribution is 5.21. The molecule has 0 fully saturated rings. The summed E-state index contributed by atoms with van der Waals surface area (Å²) in [6, 6.07) is 2.49. The largest absolute Gasteiger partial charge is 0.205 e. The summed E-state index contributed by atoms with van der Waals surface area (Å²) in [5.41, 5.74) is 3.32. The van der Waals surface area contributed by atoms with E-state index < -0.39 is 0 Å². The van der Waals surface area contributed by atoms with Crippen molar-refractivity contribution in [2.24, 2.45) is 0 Å². The molecule has 0 saturated heterocycles. The van der Waals surface area contributed by atoms with Crippen molar-refractivity contribution < 1.29 is 4.57 Å². The van der Waals surface area contributed by atoms with E-state index in [1.165, 1.54) is 199 Å². The van der Waals surface area contributed by atoms with Crippen LogP contribution in [0.3, 0.4) is 0 Å². The summed E-state index contributed by atoms with van der Waals surface area (Å²) in [5, 5.41) is 0. The molecular formula is C39H74N+. The van der Waals surface area contributed by atoms with E-state index in [9.17, 15) is 0 Å². The summed E-state index contributed by atoms with van der Waals surface area (Å²) < 4.78 is 2.51. The quantitative estimate of drug-likeness (QED) is 0.0632. The van der Waals surface area contributed by atoms with Gasteiger partial charge < -0.3 is 0 Å². The molecule has 0 amide bonds. The summed E-state index contributed by atoms with van der Waals surface area (Å²) in [6.07, 6.45) is 47.4. The number of unbranched alkanes of at least 4 members (excludes halogenated alkanes) is 25.